The minimum atomic E-state index is -0.334. The zero-order valence-corrected chi connectivity index (χ0v) is 11.2. The van der Waals surface area contributed by atoms with E-state index in [1.54, 1.807) is 29.2 Å². The van der Waals surface area contributed by atoms with Crippen LogP contribution in [-0.2, 0) is 0 Å². The molecule has 0 radical (unpaired) electrons. The molecule has 5 nitrogen and oxygen atoms in total. The van der Waals surface area contributed by atoms with Gasteiger partial charge in [0.1, 0.15) is 11.5 Å². The Balaban J connectivity index is 1.90. The van der Waals surface area contributed by atoms with Crippen LogP contribution in [0.4, 0.5) is 4.79 Å². The fraction of sp³-hybridized carbons (Fsp3) is 0.500. The van der Waals surface area contributed by atoms with E-state index in [0.29, 0.717) is 25.4 Å². The van der Waals surface area contributed by atoms with Crippen LogP contribution in [-0.4, -0.2) is 36.7 Å². The van der Waals surface area contributed by atoms with Crippen molar-refractivity contribution in [1.82, 2.24) is 4.90 Å². The first kappa shape index (κ1) is 13.7. The SMILES string of the molecule is CCOc1ccc(OC(=O)N2CCCC(N)C2)cc1. The third-order valence-corrected chi connectivity index (χ3v) is 3.06. The summed E-state index contributed by atoms with van der Waals surface area (Å²) < 4.78 is 10.6. The number of carbonyl (C=O) groups excluding carboxylic acids is 1. The Bertz CT molecular complexity index is 419. The number of ether oxygens (including phenoxy) is 2. The van der Waals surface area contributed by atoms with Gasteiger partial charge in [0, 0.05) is 19.1 Å². The van der Waals surface area contributed by atoms with Crippen LogP contribution in [0.2, 0.25) is 0 Å². The summed E-state index contributed by atoms with van der Waals surface area (Å²) in [6.07, 6.45) is 1.56. The van der Waals surface area contributed by atoms with Gasteiger partial charge in [-0.1, -0.05) is 0 Å². The average Bonchev–Trinajstić information content (AvgIpc) is 2.41. The number of nitrogens with zero attached hydrogens (tertiary/aromatic N) is 1. The maximum atomic E-state index is 11.9. The second kappa shape index (κ2) is 6.43. The molecule has 5 heteroatoms. The van der Waals surface area contributed by atoms with E-state index in [9.17, 15) is 4.79 Å². The lowest BCUT2D eigenvalue weighted by Gasteiger charge is -2.29. The van der Waals surface area contributed by atoms with Gasteiger partial charge in [0.2, 0.25) is 0 Å². The molecule has 1 saturated heterocycles. The lowest BCUT2D eigenvalue weighted by Crippen LogP contribution is -2.46. The molecule has 0 aromatic heterocycles. The highest BCUT2D eigenvalue weighted by Crippen LogP contribution is 2.19. The van der Waals surface area contributed by atoms with Crippen LogP contribution in [0, 0.1) is 0 Å². The number of nitrogens with two attached hydrogens (primary N) is 1. The monoisotopic (exact) mass is 264 g/mol. The van der Waals surface area contributed by atoms with Crippen molar-refractivity contribution in [2.45, 2.75) is 25.8 Å². The molecule has 0 spiro atoms. The van der Waals surface area contributed by atoms with Gasteiger partial charge in [-0.15, -0.1) is 0 Å². The fourth-order valence-electron chi connectivity index (χ4n) is 2.11. The third kappa shape index (κ3) is 3.86. The van der Waals surface area contributed by atoms with Crippen molar-refractivity contribution >= 4 is 6.09 Å². The summed E-state index contributed by atoms with van der Waals surface area (Å²) in [4.78, 5) is 13.6. The molecule has 104 valence electrons. The summed E-state index contributed by atoms with van der Waals surface area (Å²) >= 11 is 0. The Morgan fingerprint density at radius 2 is 2.05 bits per heavy atom. The van der Waals surface area contributed by atoms with Crippen molar-refractivity contribution in [1.29, 1.82) is 0 Å². The van der Waals surface area contributed by atoms with Gasteiger partial charge in [-0.25, -0.2) is 4.79 Å². The molecule has 1 fully saturated rings. The van der Waals surface area contributed by atoms with Crippen LogP contribution >= 0.6 is 0 Å². The van der Waals surface area contributed by atoms with Crippen molar-refractivity contribution in [3.8, 4) is 11.5 Å². The predicted molar refractivity (Wildman–Crippen MR) is 72.4 cm³/mol. The lowest BCUT2D eigenvalue weighted by molar-refractivity contribution is 0.137. The Morgan fingerprint density at radius 1 is 1.37 bits per heavy atom. The van der Waals surface area contributed by atoms with Gasteiger partial charge in [0.25, 0.3) is 0 Å². The van der Waals surface area contributed by atoms with E-state index < -0.39 is 0 Å². The number of piperidine rings is 1. The molecule has 2 rings (SSSR count). The third-order valence-electron chi connectivity index (χ3n) is 3.06. The molecule has 0 bridgehead atoms. The van der Waals surface area contributed by atoms with Crippen LogP contribution in [0.15, 0.2) is 24.3 Å². The summed E-state index contributed by atoms with van der Waals surface area (Å²) in [5.74, 6) is 1.29. The normalized spacial score (nSPS) is 19.1. The molecule has 1 aromatic rings. The highest BCUT2D eigenvalue weighted by Gasteiger charge is 2.22. The lowest BCUT2D eigenvalue weighted by atomic mass is 10.1. The van der Waals surface area contributed by atoms with Gasteiger partial charge in [0.15, 0.2) is 0 Å². The Morgan fingerprint density at radius 3 is 2.68 bits per heavy atom. The standard InChI is InChI=1S/C14H20N2O3/c1-2-18-12-5-7-13(8-6-12)19-14(17)16-9-3-4-11(15)10-16/h5-8,11H,2-4,9-10,15H2,1H3. The van der Waals surface area contributed by atoms with Gasteiger partial charge in [-0.05, 0) is 44.0 Å². The van der Waals surface area contributed by atoms with E-state index in [1.165, 1.54) is 0 Å². The maximum Gasteiger partial charge on any atom is 0.415 e. The van der Waals surface area contributed by atoms with Crippen molar-refractivity contribution < 1.29 is 14.3 Å². The van der Waals surface area contributed by atoms with Gasteiger partial charge < -0.3 is 20.1 Å². The zero-order valence-electron chi connectivity index (χ0n) is 11.2. The molecule has 1 unspecified atom stereocenters. The first-order valence-electron chi connectivity index (χ1n) is 6.64. The Kier molecular flexibility index (Phi) is 4.63. The van der Waals surface area contributed by atoms with E-state index in [1.807, 2.05) is 6.92 Å². The summed E-state index contributed by atoms with van der Waals surface area (Å²) in [7, 11) is 0. The van der Waals surface area contributed by atoms with Crippen molar-refractivity contribution in [3.63, 3.8) is 0 Å². The van der Waals surface area contributed by atoms with Crippen molar-refractivity contribution in [3.05, 3.63) is 24.3 Å². The predicted octanol–water partition coefficient (Wildman–Crippen LogP) is 2.01. The van der Waals surface area contributed by atoms with E-state index in [0.717, 1.165) is 18.6 Å². The Hall–Kier alpha value is -1.75. The Labute approximate surface area is 113 Å². The molecular weight excluding hydrogens is 244 g/mol. The summed E-state index contributed by atoms with van der Waals surface area (Å²) in [6.45, 7) is 3.82. The highest BCUT2D eigenvalue weighted by atomic mass is 16.6. The van der Waals surface area contributed by atoms with Gasteiger partial charge in [-0.3, -0.25) is 0 Å². The van der Waals surface area contributed by atoms with Crippen LogP contribution in [0.1, 0.15) is 19.8 Å². The maximum absolute atomic E-state index is 11.9. The van der Waals surface area contributed by atoms with Crippen LogP contribution in [0.5, 0.6) is 11.5 Å². The minimum Gasteiger partial charge on any atom is -0.494 e. The van der Waals surface area contributed by atoms with Gasteiger partial charge >= 0.3 is 6.09 Å². The molecule has 0 aliphatic carbocycles. The number of amides is 1. The van der Waals surface area contributed by atoms with Gasteiger partial charge in [0.05, 0.1) is 6.61 Å². The summed E-state index contributed by atoms with van der Waals surface area (Å²) in [6, 6.07) is 7.09. The van der Waals surface area contributed by atoms with Gasteiger partial charge in [-0.2, -0.15) is 0 Å². The van der Waals surface area contributed by atoms with E-state index in [2.05, 4.69) is 0 Å². The van der Waals surface area contributed by atoms with E-state index in [4.69, 9.17) is 15.2 Å². The second-order valence-electron chi connectivity index (χ2n) is 4.62. The molecule has 1 atom stereocenters. The van der Waals surface area contributed by atoms with E-state index in [-0.39, 0.29) is 12.1 Å². The number of carbonyl (C=O) groups is 1. The first-order valence-corrected chi connectivity index (χ1v) is 6.64. The average molecular weight is 264 g/mol. The molecule has 1 aliphatic rings. The number of rotatable bonds is 3. The zero-order chi connectivity index (χ0) is 13.7. The largest absolute Gasteiger partial charge is 0.494 e. The molecule has 1 amide bonds. The number of hydrogen-bond donors (Lipinski definition) is 1. The number of likely N-dealkylation sites (tertiary alicyclic amines) is 1. The fourth-order valence-corrected chi connectivity index (χ4v) is 2.11. The molecule has 0 saturated carbocycles. The highest BCUT2D eigenvalue weighted by molar-refractivity contribution is 5.70. The summed E-state index contributed by atoms with van der Waals surface area (Å²) in [5, 5.41) is 0. The first-order chi connectivity index (χ1) is 9.19. The topological polar surface area (TPSA) is 64.8 Å². The quantitative estimate of drug-likeness (QED) is 0.907. The van der Waals surface area contributed by atoms with Crippen molar-refractivity contribution in [2.75, 3.05) is 19.7 Å². The minimum absolute atomic E-state index is 0.0571. The summed E-state index contributed by atoms with van der Waals surface area (Å²) in [5.41, 5.74) is 5.84. The van der Waals surface area contributed by atoms with Crippen molar-refractivity contribution in [2.24, 2.45) is 5.73 Å². The molecule has 19 heavy (non-hydrogen) atoms. The van der Waals surface area contributed by atoms with Crippen LogP contribution in [0.3, 0.4) is 0 Å². The molecule has 2 N–H and O–H groups in total. The molecule has 1 aliphatic heterocycles. The number of hydrogen-bond acceptors (Lipinski definition) is 4. The molecule has 1 heterocycles. The second-order valence-corrected chi connectivity index (χ2v) is 4.62. The molecular formula is C14H20N2O3. The van der Waals surface area contributed by atoms with Crippen LogP contribution in [0.25, 0.3) is 0 Å². The van der Waals surface area contributed by atoms with Crippen LogP contribution < -0.4 is 15.2 Å². The number of benzene rings is 1. The molecule has 1 aromatic carbocycles. The smallest absolute Gasteiger partial charge is 0.415 e. The van der Waals surface area contributed by atoms with E-state index >= 15 is 0 Å².